The maximum Gasteiger partial charge on any atom is 0.186 e. The van der Waals surface area contributed by atoms with E-state index >= 15 is 0 Å². The molecular weight excluding hydrogens is 276 g/mol. The van der Waals surface area contributed by atoms with Gasteiger partial charge in [-0.15, -0.1) is 0 Å². The number of phenols is 1. The Morgan fingerprint density at radius 1 is 0.864 bits per heavy atom. The third-order valence-corrected chi connectivity index (χ3v) is 3.18. The smallest absolute Gasteiger partial charge is 0.186 e. The largest absolute Gasteiger partial charge is 0.508 e. The van der Waals surface area contributed by atoms with Crippen LogP contribution in [0.4, 0.5) is 0 Å². The molecule has 0 spiro atoms. The average molecular weight is 290 g/mol. The van der Waals surface area contributed by atoms with Gasteiger partial charge < -0.3 is 9.52 Å². The van der Waals surface area contributed by atoms with Crippen molar-refractivity contribution in [2.75, 3.05) is 0 Å². The summed E-state index contributed by atoms with van der Waals surface area (Å²) in [6.45, 7) is 0. The minimum atomic E-state index is -0.101. The van der Waals surface area contributed by atoms with E-state index < -0.39 is 0 Å². The lowest BCUT2D eigenvalue weighted by Crippen LogP contribution is -1.98. The van der Waals surface area contributed by atoms with E-state index in [1.807, 2.05) is 36.4 Å². The van der Waals surface area contributed by atoms with Crippen molar-refractivity contribution in [2.45, 2.75) is 0 Å². The summed E-state index contributed by atoms with van der Waals surface area (Å²) in [4.78, 5) is 11.8. The van der Waals surface area contributed by atoms with Crippen molar-refractivity contribution in [3.8, 4) is 17.1 Å². The van der Waals surface area contributed by atoms with Gasteiger partial charge in [0.05, 0.1) is 0 Å². The Morgan fingerprint density at radius 2 is 1.59 bits per heavy atom. The Bertz CT molecular complexity index is 844. The van der Waals surface area contributed by atoms with Gasteiger partial charge >= 0.3 is 0 Å². The molecule has 3 heteroatoms. The van der Waals surface area contributed by atoms with Gasteiger partial charge in [-0.1, -0.05) is 48.5 Å². The zero-order valence-electron chi connectivity index (χ0n) is 11.8. The van der Waals surface area contributed by atoms with Crippen LogP contribution in [0.2, 0.25) is 0 Å². The molecular formula is C19H14O3. The summed E-state index contributed by atoms with van der Waals surface area (Å²) < 4.78 is 5.75. The van der Waals surface area contributed by atoms with E-state index in [1.54, 1.807) is 30.3 Å². The van der Waals surface area contributed by atoms with Crippen molar-refractivity contribution in [1.29, 1.82) is 0 Å². The summed E-state index contributed by atoms with van der Waals surface area (Å²) in [5.74, 6) is 1.24. The minimum Gasteiger partial charge on any atom is -0.508 e. The van der Waals surface area contributed by atoms with Crippen molar-refractivity contribution in [3.63, 3.8) is 0 Å². The third-order valence-electron chi connectivity index (χ3n) is 3.18. The lowest BCUT2D eigenvalue weighted by Gasteiger charge is -2.01. The van der Waals surface area contributed by atoms with Crippen LogP contribution in [0.25, 0.3) is 23.5 Å². The molecule has 3 aromatic rings. The maximum absolute atomic E-state index is 11.8. The van der Waals surface area contributed by atoms with Crippen LogP contribution in [0.3, 0.4) is 0 Å². The molecule has 0 radical (unpaired) electrons. The van der Waals surface area contributed by atoms with Gasteiger partial charge in [0.15, 0.2) is 5.43 Å². The summed E-state index contributed by atoms with van der Waals surface area (Å²) in [6.07, 6.45) is 3.56. The Kier molecular flexibility index (Phi) is 3.88. The fourth-order valence-corrected chi connectivity index (χ4v) is 2.09. The van der Waals surface area contributed by atoms with Gasteiger partial charge in [0.2, 0.25) is 0 Å². The predicted octanol–water partition coefficient (Wildman–Crippen LogP) is 4.18. The highest BCUT2D eigenvalue weighted by atomic mass is 16.3. The van der Waals surface area contributed by atoms with Crippen LogP contribution in [0, 0.1) is 0 Å². The summed E-state index contributed by atoms with van der Waals surface area (Å²) >= 11 is 0. The summed E-state index contributed by atoms with van der Waals surface area (Å²) in [6, 6.07) is 19.2. The van der Waals surface area contributed by atoms with Crippen LogP contribution >= 0.6 is 0 Å². The second kappa shape index (κ2) is 6.14. The topological polar surface area (TPSA) is 50.4 Å². The summed E-state index contributed by atoms with van der Waals surface area (Å²) in [7, 11) is 0. The summed E-state index contributed by atoms with van der Waals surface area (Å²) in [5.41, 5.74) is 1.67. The number of benzene rings is 2. The highest BCUT2D eigenvalue weighted by Crippen LogP contribution is 2.19. The zero-order chi connectivity index (χ0) is 15.4. The second-order valence-electron chi connectivity index (χ2n) is 4.85. The molecule has 0 saturated heterocycles. The molecule has 0 fully saturated rings. The van der Waals surface area contributed by atoms with Gasteiger partial charge in [0.25, 0.3) is 0 Å². The normalized spacial score (nSPS) is 10.9. The maximum atomic E-state index is 11.8. The molecule has 3 nitrogen and oxygen atoms in total. The number of aromatic hydroxyl groups is 1. The van der Waals surface area contributed by atoms with Crippen LogP contribution in [-0.4, -0.2) is 5.11 Å². The van der Waals surface area contributed by atoms with E-state index in [0.717, 1.165) is 11.1 Å². The first-order valence-corrected chi connectivity index (χ1v) is 6.88. The van der Waals surface area contributed by atoms with E-state index in [-0.39, 0.29) is 11.2 Å². The van der Waals surface area contributed by atoms with E-state index in [4.69, 9.17) is 4.42 Å². The first-order valence-electron chi connectivity index (χ1n) is 6.88. The molecule has 1 N–H and O–H groups in total. The molecule has 22 heavy (non-hydrogen) atoms. The van der Waals surface area contributed by atoms with Gasteiger partial charge in [0.1, 0.15) is 17.3 Å². The van der Waals surface area contributed by atoms with Crippen molar-refractivity contribution in [3.05, 3.63) is 88.3 Å². The van der Waals surface area contributed by atoms with Gasteiger partial charge in [-0.3, -0.25) is 4.79 Å². The first-order chi connectivity index (χ1) is 10.7. The predicted molar refractivity (Wildman–Crippen MR) is 87.4 cm³/mol. The lowest BCUT2D eigenvalue weighted by molar-refractivity contribution is 0.475. The minimum absolute atomic E-state index is 0.101. The Labute approximate surface area is 127 Å². The van der Waals surface area contributed by atoms with Crippen LogP contribution in [0.1, 0.15) is 11.3 Å². The Morgan fingerprint density at radius 3 is 2.32 bits per heavy atom. The number of hydrogen-bond acceptors (Lipinski definition) is 3. The molecule has 0 saturated carbocycles. The van der Waals surface area contributed by atoms with Gasteiger partial charge in [-0.25, -0.2) is 0 Å². The van der Waals surface area contributed by atoms with E-state index in [2.05, 4.69) is 0 Å². The van der Waals surface area contributed by atoms with Crippen molar-refractivity contribution < 1.29 is 9.52 Å². The average Bonchev–Trinajstić information content (AvgIpc) is 2.55. The van der Waals surface area contributed by atoms with Gasteiger partial charge in [-0.05, 0) is 23.8 Å². The summed E-state index contributed by atoms with van der Waals surface area (Å²) in [5, 5.41) is 9.26. The highest BCUT2D eigenvalue weighted by Gasteiger charge is 2.02. The molecule has 0 aliphatic carbocycles. The van der Waals surface area contributed by atoms with Crippen LogP contribution < -0.4 is 5.43 Å². The zero-order valence-corrected chi connectivity index (χ0v) is 11.8. The monoisotopic (exact) mass is 290 g/mol. The van der Waals surface area contributed by atoms with Crippen LogP contribution in [0.5, 0.6) is 5.75 Å². The molecule has 0 bridgehead atoms. The number of phenolic OH excluding ortho intramolecular Hbond substituents is 1. The fourth-order valence-electron chi connectivity index (χ4n) is 2.09. The van der Waals surface area contributed by atoms with E-state index in [1.165, 1.54) is 12.1 Å². The Hall–Kier alpha value is -3.07. The molecule has 0 unspecified atom stereocenters. The Balaban J connectivity index is 1.93. The van der Waals surface area contributed by atoms with Crippen molar-refractivity contribution in [2.24, 2.45) is 0 Å². The number of rotatable bonds is 3. The molecule has 108 valence electrons. The van der Waals surface area contributed by atoms with Gasteiger partial charge in [0, 0.05) is 17.7 Å². The molecule has 0 aliphatic heterocycles. The van der Waals surface area contributed by atoms with Crippen LogP contribution in [-0.2, 0) is 0 Å². The molecule has 0 amide bonds. The molecule has 0 aliphatic rings. The van der Waals surface area contributed by atoms with Crippen molar-refractivity contribution >= 4 is 12.2 Å². The molecule has 0 atom stereocenters. The first kappa shape index (κ1) is 13.9. The van der Waals surface area contributed by atoms with E-state index in [0.29, 0.717) is 11.5 Å². The SMILES string of the molecule is O=c1cc(C=Cc2ccc(O)cc2)oc(-c2ccccc2)c1. The molecule has 1 aromatic heterocycles. The van der Waals surface area contributed by atoms with Crippen molar-refractivity contribution in [1.82, 2.24) is 0 Å². The van der Waals surface area contributed by atoms with E-state index in [9.17, 15) is 9.90 Å². The molecule has 2 aromatic carbocycles. The highest BCUT2D eigenvalue weighted by molar-refractivity contribution is 5.68. The van der Waals surface area contributed by atoms with Crippen LogP contribution in [0.15, 0.2) is 75.9 Å². The number of hydrogen-bond donors (Lipinski definition) is 1. The molecule has 3 rings (SSSR count). The quantitative estimate of drug-likeness (QED) is 0.787. The standard InChI is InChI=1S/C19H14O3/c20-16-9-6-14(7-10-16)8-11-18-12-17(21)13-19(22-18)15-4-2-1-3-5-15/h1-13,20H. The fraction of sp³-hybridized carbons (Fsp3) is 0. The van der Waals surface area contributed by atoms with Gasteiger partial charge in [-0.2, -0.15) is 0 Å². The second-order valence-corrected chi connectivity index (χ2v) is 4.85. The third kappa shape index (κ3) is 3.33. The lowest BCUT2D eigenvalue weighted by atomic mass is 10.1. The molecule has 1 heterocycles.